The Kier molecular flexibility index (Phi) is 9.87. The number of hydrogen-bond donors (Lipinski definition) is 1. The molecule has 0 spiro atoms. The van der Waals surface area contributed by atoms with Gasteiger partial charge in [0.25, 0.3) is 0 Å². The van der Waals surface area contributed by atoms with Crippen molar-refractivity contribution in [1.82, 2.24) is 0 Å². The number of methoxy groups -OCH3 is 1. The average Bonchev–Trinajstić information content (AvgIpc) is 2.49. The van der Waals surface area contributed by atoms with Gasteiger partial charge in [0.1, 0.15) is 12.4 Å². The van der Waals surface area contributed by atoms with Crippen LogP contribution in [0.1, 0.15) is 12.0 Å². The van der Waals surface area contributed by atoms with Gasteiger partial charge in [0.2, 0.25) is 0 Å². The first-order valence-corrected chi connectivity index (χ1v) is 6.93. The van der Waals surface area contributed by atoms with Gasteiger partial charge in [-0.15, -0.1) is 0 Å². The lowest BCUT2D eigenvalue weighted by Gasteiger charge is -2.10. The van der Waals surface area contributed by atoms with Crippen molar-refractivity contribution in [2.24, 2.45) is 5.73 Å². The van der Waals surface area contributed by atoms with Gasteiger partial charge in [-0.2, -0.15) is 0 Å². The monoisotopic (exact) mass is 283 g/mol. The molecule has 0 heterocycles. The Balaban J connectivity index is 1.97. The zero-order chi connectivity index (χ0) is 14.5. The van der Waals surface area contributed by atoms with E-state index in [0.29, 0.717) is 46.2 Å². The zero-order valence-corrected chi connectivity index (χ0v) is 12.2. The molecule has 1 aromatic rings. The van der Waals surface area contributed by atoms with Gasteiger partial charge in [-0.05, 0) is 12.5 Å². The molecule has 114 valence electrons. The van der Waals surface area contributed by atoms with Crippen LogP contribution in [0.5, 0.6) is 5.75 Å². The first-order chi connectivity index (χ1) is 9.88. The normalized spacial score (nSPS) is 10.7. The van der Waals surface area contributed by atoms with E-state index in [1.54, 1.807) is 7.11 Å². The lowest BCUT2D eigenvalue weighted by molar-refractivity contribution is 0.0458. The third kappa shape index (κ3) is 7.45. The van der Waals surface area contributed by atoms with Gasteiger partial charge in [0.05, 0.1) is 19.8 Å². The quantitative estimate of drug-likeness (QED) is 0.590. The highest BCUT2D eigenvalue weighted by atomic mass is 16.5. The Morgan fingerprint density at radius 3 is 2.30 bits per heavy atom. The maximum absolute atomic E-state index is 5.64. The largest absolute Gasteiger partial charge is 0.491 e. The summed E-state index contributed by atoms with van der Waals surface area (Å²) >= 11 is 0. The van der Waals surface area contributed by atoms with Crippen molar-refractivity contribution in [2.45, 2.75) is 13.0 Å². The summed E-state index contributed by atoms with van der Waals surface area (Å²) in [5.41, 5.74) is 6.65. The van der Waals surface area contributed by atoms with Crippen molar-refractivity contribution in [3.63, 3.8) is 0 Å². The highest BCUT2D eigenvalue weighted by Gasteiger charge is 2.00. The molecule has 0 aromatic heterocycles. The van der Waals surface area contributed by atoms with E-state index in [9.17, 15) is 0 Å². The fourth-order valence-corrected chi connectivity index (χ4v) is 1.63. The van der Waals surface area contributed by atoms with E-state index in [1.807, 2.05) is 24.3 Å². The molecular weight excluding hydrogens is 258 g/mol. The SMILES string of the molecule is COCCOCCCOCCOc1ccccc1CN. The Bertz CT molecular complexity index is 346. The van der Waals surface area contributed by atoms with Crippen LogP contribution in [0.15, 0.2) is 24.3 Å². The zero-order valence-electron chi connectivity index (χ0n) is 12.2. The van der Waals surface area contributed by atoms with Gasteiger partial charge in [-0.1, -0.05) is 18.2 Å². The lowest BCUT2D eigenvalue weighted by Crippen LogP contribution is -2.11. The average molecular weight is 283 g/mol. The van der Waals surface area contributed by atoms with Gasteiger partial charge in [0.15, 0.2) is 0 Å². The van der Waals surface area contributed by atoms with Crippen LogP contribution >= 0.6 is 0 Å². The van der Waals surface area contributed by atoms with E-state index in [4.69, 9.17) is 24.7 Å². The van der Waals surface area contributed by atoms with Crippen LogP contribution in [0.25, 0.3) is 0 Å². The molecule has 0 saturated carbocycles. The second kappa shape index (κ2) is 11.7. The summed E-state index contributed by atoms with van der Waals surface area (Å²) in [4.78, 5) is 0. The fraction of sp³-hybridized carbons (Fsp3) is 0.600. The van der Waals surface area contributed by atoms with Crippen molar-refractivity contribution >= 4 is 0 Å². The summed E-state index contributed by atoms with van der Waals surface area (Å²) in [5.74, 6) is 0.835. The number of hydrogen-bond acceptors (Lipinski definition) is 5. The third-order valence-electron chi connectivity index (χ3n) is 2.69. The van der Waals surface area contributed by atoms with E-state index in [0.717, 1.165) is 17.7 Å². The molecule has 0 aliphatic carbocycles. The molecule has 0 aliphatic heterocycles. The van der Waals surface area contributed by atoms with E-state index in [1.165, 1.54) is 0 Å². The van der Waals surface area contributed by atoms with Crippen LogP contribution in [-0.2, 0) is 20.8 Å². The molecule has 0 radical (unpaired) electrons. The summed E-state index contributed by atoms with van der Waals surface area (Å²) in [6.45, 7) is 4.22. The molecule has 2 N–H and O–H groups in total. The topological polar surface area (TPSA) is 62.9 Å². The molecular formula is C15H25NO4. The van der Waals surface area contributed by atoms with Gasteiger partial charge in [0, 0.05) is 32.4 Å². The highest BCUT2D eigenvalue weighted by Crippen LogP contribution is 2.16. The minimum absolute atomic E-state index is 0.482. The van der Waals surface area contributed by atoms with Crippen LogP contribution in [0.3, 0.4) is 0 Å². The smallest absolute Gasteiger partial charge is 0.123 e. The summed E-state index contributed by atoms with van der Waals surface area (Å²) < 4.78 is 21.3. The summed E-state index contributed by atoms with van der Waals surface area (Å²) in [7, 11) is 1.66. The standard InChI is InChI=1S/C15H25NO4/c1-17-9-10-18-7-4-8-19-11-12-20-15-6-3-2-5-14(15)13-16/h2-3,5-6H,4,7-13,16H2,1H3. The fourth-order valence-electron chi connectivity index (χ4n) is 1.63. The van der Waals surface area contributed by atoms with Crippen LogP contribution in [0, 0.1) is 0 Å². The molecule has 0 aliphatic rings. The van der Waals surface area contributed by atoms with Gasteiger partial charge in [-0.25, -0.2) is 0 Å². The molecule has 5 heteroatoms. The molecule has 1 aromatic carbocycles. The molecule has 0 bridgehead atoms. The van der Waals surface area contributed by atoms with Crippen molar-refractivity contribution in [1.29, 1.82) is 0 Å². The van der Waals surface area contributed by atoms with Crippen molar-refractivity contribution in [3.05, 3.63) is 29.8 Å². The molecule has 0 amide bonds. The van der Waals surface area contributed by atoms with Crippen LogP contribution in [-0.4, -0.2) is 46.8 Å². The number of rotatable bonds is 12. The van der Waals surface area contributed by atoms with Crippen molar-refractivity contribution in [2.75, 3.05) is 46.8 Å². The van der Waals surface area contributed by atoms with Gasteiger partial charge >= 0.3 is 0 Å². The maximum atomic E-state index is 5.64. The maximum Gasteiger partial charge on any atom is 0.123 e. The molecule has 5 nitrogen and oxygen atoms in total. The molecule has 0 unspecified atom stereocenters. The predicted molar refractivity (Wildman–Crippen MR) is 78.0 cm³/mol. The van der Waals surface area contributed by atoms with E-state index >= 15 is 0 Å². The Morgan fingerprint density at radius 2 is 1.60 bits per heavy atom. The lowest BCUT2D eigenvalue weighted by atomic mass is 10.2. The third-order valence-corrected chi connectivity index (χ3v) is 2.69. The molecule has 20 heavy (non-hydrogen) atoms. The minimum Gasteiger partial charge on any atom is -0.491 e. The molecule has 1 rings (SSSR count). The number of benzene rings is 1. The summed E-state index contributed by atoms with van der Waals surface area (Å²) in [6, 6.07) is 7.78. The molecule has 0 fully saturated rings. The Morgan fingerprint density at radius 1 is 0.900 bits per heavy atom. The Hall–Kier alpha value is -1.14. The van der Waals surface area contributed by atoms with E-state index in [-0.39, 0.29) is 0 Å². The second-order valence-electron chi connectivity index (χ2n) is 4.23. The first kappa shape index (κ1) is 16.9. The predicted octanol–water partition coefficient (Wildman–Crippen LogP) is 1.59. The number of ether oxygens (including phenoxy) is 4. The second-order valence-corrected chi connectivity index (χ2v) is 4.23. The van der Waals surface area contributed by atoms with Crippen LogP contribution < -0.4 is 10.5 Å². The highest BCUT2D eigenvalue weighted by molar-refractivity contribution is 5.32. The van der Waals surface area contributed by atoms with Gasteiger partial charge < -0.3 is 24.7 Å². The number of para-hydroxylation sites is 1. The number of nitrogens with two attached hydrogens (primary N) is 1. The van der Waals surface area contributed by atoms with E-state index in [2.05, 4.69) is 0 Å². The summed E-state index contributed by atoms with van der Waals surface area (Å²) in [6.07, 6.45) is 0.878. The van der Waals surface area contributed by atoms with Crippen molar-refractivity contribution < 1.29 is 18.9 Å². The molecule has 0 saturated heterocycles. The van der Waals surface area contributed by atoms with Crippen LogP contribution in [0.4, 0.5) is 0 Å². The summed E-state index contributed by atoms with van der Waals surface area (Å²) in [5, 5.41) is 0. The first-order valence-electron chi connectivity index (χ1n) is 6.93. The van der Waals surface area contributed by atoms with Crippen molar-refractivity contribution in [3.8, 4) is 5.75 Å². The molecule has 0 atom stereocenters. The minimum atomic E-state index is 0.482. The van der Waals surface area contributed by atoms with E-state index < -0.39 is 0 Å². The Labute approximate surface area is 121 Å². The van der Waals surface area contributed by atoms with Gasteiger partial charge in [-0.3, -0.25) is 0 Å². The van der Waals surface area contributed by atoms with Crippen LogP contribution in [0.2, 0.25) is 0 Å².